The van der Waals surface area contributed by atoms with Crippen molar-refractivity contribution in [2.45, 2.75) is 32.1 Å². The molecule has 0 heterocycles. The van der Waals surface area contributed by atoms with Crippen molar-refractivity contribution in [1.82, 2.24) is 0 Å². The Labute approximate surface area is 190 Å². The molecule has 3 aromatic carbocycles. The predicted molar refractivity (Wildman–Crippen MR) is 131 cm³/mol. The molecule has 0 aliphatic carbocycles. The summed E-state index contributed by atoms with van der Waals surface area (Å²) in [5.74, 6) is 1.47. The van der Waals surface area contributed by atoms with E-state index in [4.69, 9.17) is 4.74 Å². The first-order valence-electron chi connectivity index (χ1n) is 10.5. The van der Waals surface area contributed by atoms with Gasteiger partial charge in [-0.3, -0.25) is 10.1 Å². The van der Waals surface area contributed by atoms with E-state index in [-0.39, 0.29) is 4.90 Å². The fourth-order valence-corrected chi connectivity index (χ4v) is 3.85. The van der Waals surface area contributed by atoms with E-state index in [1.54, 1.807) is 54.7 Å². The third-order valence-electron chi connectivity index (χ3n) is 4.72. The van der Waals surface area contributed by atoms with Gasteiger partial charge in [0.15, 0.2) is 0 Å². The fourth-order valence-electron chi connectivity index (χ4n) is 2.79. The molecule has 0 fully saturated rings. The molecule has 0 saturated carbocycles. The van der Waals surface area contributed by atoms with Crippen LogP contribution in [0.4, 0.5) is 11.4 Å². The van der Waals surface area contributed by atoms with Crippen molar-refractivity contribution in [2.24, 2.45) is 11.0 Å². The van der Waals surface area contributed by atoms with Gasteiger partial charge < -0.3 is 4.74 Å². The first-order valence-corrected chi connectivity index (χ1v) is 12.0. The van der Waals surface area contributed by atoms with E-state index in [2.05, 4.69) is 29.1 Å². The van der Waals surface area contributed by atoms with Gasteiger partial charge in [0.2, 0.25) is 0 Å². The van der Waals surface area contributed by atoms with Crippen LogP contribution >= 0.6 is 0 Å². The third-order valence-corrected chi connectivity index (χ3v) is 6.12. The van der Waals surface area contributed by atoms with E-state index in [9.17, 15) is 8.42 Å². The molecule has 0 aliphatic rings. The van der Waals surface area contributed by atoms with Crippen LogP contribution in [-0.2, 0) is 10.0 Å². The summed E-state index contributed by atoms with van der Waals surface area (Å²) in [4.78, 5) is 0.228. The molecule has 3 aromatic rings. The average molecular weight is 452 g/mol. The molecule has 3 rings (SSSR count). The van der Waals surface area contributed by atoms with Crippen LogP contribution in [0.3, 0.4) is 0 Å². The quantitative estimate of drug-likeness (QED) is 0.308. The lowest BCUT2D eigenvalue weighted by Gasteiger charge is -2.09. The molecule has 0 unspecified atom stereocenters. The minimum Gasteiger partial charge on any atom is -0.494 e. The third kappa shape index (κ3) is 7.13. The zero-order valence-electron chi connectivity index (χ0n) is 18.6. The number of nitrogens with zero attached hydrogens (tertiary/aromatic N) is 1. The van der Waals surface area contributed by atoms with Gasteiger partial charge in [-0.1, -0.05) is 31.5 Å². The van der Waals surface area contributed by atoms with E-state index in [0.717, 1.165) is 29.0 Å². The number of benzene rings is 3. The smallest absolute Gasteiger partial charge is 0.261 e. The second kappa shape index (κ2) is 10.8. The molecule has 0 amide bonds. The van der Waals surface area contributed by atoms with Crippen LogP contribution in [0.25, 0.3) is 0 Å². The molecular formula is C25H29N3O3S. The lowest BCUT2D eigenvalue weighted by Crippen LogP contribution is -2.12. The number of anilines is 2. The molecule has 0 atom stereocenters. The lowest BCUT2D eigenvalue weighted by molar-refractivity contribution is 0.289. The number of aryl methyl sites for hydroxylation is 1. The van der Waals surface area contributed by atoms with Crippen molar-refractivity contribution >= 4 is 27.6 Å². The van der Waals surface area contributed by atoms with E-state index in [1.165, 1.54) is 0 Å². The zero-order valence-corrected chi connectivity index (χ0v) is 19.4. The minimum atomic E-state index is -3.62. The van der Waals surface area contributed by atoms with Gasteiger partial charge in [0.1, 0.15) is 5.75 Å². The lowest BCUT2D eigenvalue weighted by atomic mass is 10.1. The standard InChI is InChI=1S/C25H29N3O3S/c1-19(2)16-17-31-24-12-6-21(7-13-24)18-26-27-22-8-10-23(11-9-22)28-32(29,30)25-14-4-20(3)5-15-25/h4-15,18-19,27-28H,16-17H2,1-3H3. The van der Waals surface area contributed by atoms with Crippen LogP contribution in [0.2, 0.25) is 0 Å². The van der Waals surface area contributed by atoms with Crippen molar-refractivity contribution < 1.29 is 13.2 Å². The van der Waals surface area contributed by atoms with E-state index < -0.39 is 10.0 Å². The van der Waals surface area contributed by atoms with E-state index >= 15 is 0 Å². The largest absolute Gasteiger partial charge is 0.494 e. The Kier molecular flexibility index (Phi) is 7.89. The fraction of sp³-hybridized carbons (Fsp3) is 0.240. The number of hydrazone groups is 1. The van der Waals surface area contributed by atoms with Crippen molar-refractivity contribution in [3.63, 3.8) is 0 Å². The van der Waals surface area contributed by atoms with Crippen LogP contribution < -0.4 is 14.9 Å². The Morgan fingerprint density at radius 3 is 2.16 bits per heavy atom. The highest BCUT2D eigenvalue weighted by Crippen LogP contribution is 2.19. The summed E-state index contributed by atoms with van der Waals surface area (Å²) in [5.41, 5.74) is 6.11. The van der Waals surface area contributed by atoms with Gasteiger partial charge in [-0.2, -0.15) is 5.10 Å². The molecule has 2 N–H and O–H groups in total. The Bertz CT molecular complexity index is 1120. The molecule has 32 heavy (non-hydrogen) atoms. The number of rotatable bonds is 10. The molecule has 0 aromatic heterocycles. The molecule has 0 radical (unpaired) electrons. The molecule has 0 spiro atoms. The number of hydrogen-bond donors (Lipinski definition) is 2. The van der Waals surface area contributed by atoms with Crippen molar-refractivity contribution in [3.8, 4) is 5.75 Å². The Hall–Kier alpha value is -3.32. The van der Waals surface area contributed by atoms with Gasteiger partial charge >= 0.3 is 0 Å². The SMILES string of the molecule is Cc1ccc(S(=O)(=O)Nc2ccc(NN=Cc3ccc(OCCC(C)C)cc3)cc2)cc1. The van der Waals surface area contributed by atoms with Crippen molar-refractivity contribution in [1.29, 1.82) is 0 Å². The Morgan fingerprint density at radius 1 is 0.906 bits per heavy atom. The van der Waals surface area contributed by atoms with Crippen LogP contribution in [0.1, 0.15) is 31.4 Å². The number of nitrogens with one attached hydrogen (secondary N) is 2. The highest BCUT2D eigenvalue weighted by Gasteiger charge is 2.13. The van der Waals surface area contributed by atoms with Crippen LogP contribution in [0, 0.1) is 12.8 Å². The van der Waals surface area contributed by atoms with Crippen molar-refractivity contribution in [3.05, 3.63) is 83.9 Å². The Morgan fingerprint density at radius 2 is 1.53 bits per heavy atom. The topological polar surface area (TPSA) is 79.8 Å². The summed E-state index contributed by atoms with van der Waals surface area (Å²) >= 11 is 0. The van der Waals surface area contributed by atoms with Gasteiger partial charge in [-0.05, 0) is 85.5 Å². The first kappa shape index (κ1) is 23.3. The molecule has 7 heteroatoms. The normalized spacial score (nSPS) is 11.6. The van der Waals surface area contributed by atoms with Crippen molar-refractivity contribution in [2.75, 3.05) is 16.8 Å². The summed E-state index contributed by atoms with van der Waals surface area (Å²) in [6.07, 6.45) is 2.74. The predicted octanol–water partition coefficient (Wildman–Crippen LogP) is 5.67. The highest BCUT2D eigenvalue weighted by atomic mass is 32.2. The number of ether oxygens (including phenoxy) is 1. The molecule has 0 bridgehead atoms. The van der Waals surface area contributed by atoms with Gasteiger partial charge in [-0.25, -0.2) is 8.42 Å². The van der Waals surface area contributed by atoms with Gasteiger partial charge in [0.05, 0.1) is 23.4 Å². The molecule has 0 aliphatic heterocycles. The average Bonchev–Trinajstić information content (AvgIpc) is 2.76. The maximum atomic E-state index is 12.5. The van der Waals surface area contributed by atoms with Gasteiger partial charge in [-0.15, -0.1) is 0 Å². The number of sulfonamides is 1. The second-order valence-corrected chi connectivity index (χ2v) is 9.65. The number of hydrogen-bond acceptors (Lipinski definition) is 5. The maximum absolute atomic E-state index is 12.5. The van der Waals surface area contributed by atoms with Gasteiger partial charge in [0, 0.05) is 5.69 Å². The minimum absolute atomic E-state index is 0.228. The highest BCUT2D eigenvalue weighted by molar-refractivity contribution is 7.92. The van der Waals surface area contributed by atoms with E-state index in [0.29, 0.717) is 18.2 Å². The molecule has 168 valence electrons. The molecular weight excluding hydrogens is 422 g/mol. The molecule has 0 saturated heterocycles. The summed E-state index contributed by atoms with van der Waals surface area (Å²) < 4.78 is 33.3. The molecule has 6 nitrogen and oxygen atoms in total. The van der Waals surface area contributed by atoms with Crippen LogP contribution in [0.15, 0.2) is 82.8 Å². The van der Waals surface area contributed by atoms with Gasteiger partial charge in [0.25, 0.3) is 10.0 Å². The second-order valence-electron chi connectivity index (χ2n) is 7.97. The summed E-state index contributed by atoms with van der Waals surface area (Å²) in [7, 11) is -3.62. The monoisotopic (exact) mass is 451 g/mol. The summed E-state index contributed by atoms with van der Waals surface area (Å²) in [5, 5.41) is 4.23. The zero-order chi connectivity index (χ0) is 23.0. The summed E-state index contributed by atoms with van der Waals surface area (Å²) in [6, 6.07) is 21.4. The van der Waals surface area contributed by atoms with Crippen LogP contribution in [0.5, 0.6) is 5.75 Å². The van der Waals surface area contributed by atoms with Crippen LogP contribution in [-0.4, -0.2) is 21.2 Å². The first-order chi connectivity index (χ1) is 15.3. The van der Waals surface area contributed by atoms with E-state index in [1.807, 2.05) is 31.2 Å². The maximum Gasteiger partial charge on any atom is 0.261 e. The Balaban J connectivity index is 1.52. The summed E-state index contributed by atoms with van der Waals surface area (Å²) in [6.45, 7) is 6.97.